The standard InChI is InChI=1S/C13H20N4O/c18-13(10-17-5-1-4-15-17)16-6-2-11-8-14-9-12(11)3-7-16/h1,4-5,11-12,14H,2-3,6-10H2/t11-,12+. The fourth-order valence-corrected chi connectivity index (χ4v) is 3.10. The molecule has 0 spiro atoms. The molecule has 2 saturated heterocycles. The molecule has 0 saturated carbocycles. The van der Waals surface area contributed by atoms with Gasteiger partial charge in [0.15, 0.2) is 0 Å². The van der Waals surface area contributed by atoms with Gasteiger partial charge < -0.3 is 10.2 Å². The Kier molecular flexibility index (Phi) is 3.32. The molecule has 5 heteroatoms. The molecule has 1 aromatic rings. The van der Waals surface area contributed by atoms with E-state index in [4.69, 9.17) is 0 Å². The number of rotatable bonds is 2. The van der Waals surface area contributed by atoms with E-state index in [0.717, 1.165) is 50.9 Å². The van der Waals surface area contributed by atoms with Crippen LogP contribution in [0, 0.1) is 11.8 Å². The number of nitrogens with zero attached hydrogens (tertiary/aromatic N) is 3. The van der Waals surface area contributed by atoms with Crippen LogP contribution in [0.4, 0.5) is 0 Å². The zero-order valence-corrected chi connectivity index (χ0v) is 10.6. The Bertz CT molecular complexity index is 389. The van der Waals surface area contributed by atoms with E-state index < -0.39 is 0 Å². The third-order valence-corrected chi connectivity index (χ3v) is 4.23. The van der Waals surface area contributed by atoms with Gasteiger partial charge in [0.2, 0.25) is 5.91 Å². The van der Waals surface area contributed by atoms with Crippen LogP contribution in [0.2, 0.25) is 0 Å². The Morgan fingerprint density at radius 3 is 2.61 bits per heavy atom. The second-order valence-corrected chi connectivity index (χ2v) is 5.34. The van der Waals surface area contributed by atoms with E-state index >= 15 is 0 Å². The van der Waals surface area contributed by atoms with Crippen LogP contribution < -0.4 is 5.32 Å². The summed E-state index contributed by atoms with van der Waals surface area (Å²) in [7, 11) is 0. The molecule has 2 fully saturated rings. The number of hydrogen-bond donors (Lipinski definition) is 1. The summed E-state index contributed by atoms with van der Waals surface area (Å²) in [5.74, 6) is 1.74. The summed E-state index contributed by atoms with van der Waals surface area (Å²) in [6.07, 6.45) is 5.84. The highest BCUT2D eigenvalue weighted by Crippen LogP contribution is 2.27. The molecule has 0 aliphatic carbocycles. The SMILES string of the molecule is O=C(Cn1cccn1)N1CC[C@@H]2CNC[C@@H]2CC1. The molecule has 3 heterocycles. The normalized spacial score (nSPS) is 27.9. The molecule has 98 valence electrons. The van der Waals surface area contributed by atoms with Crippen molar-refractivity contribution in [3.63, 3.8) is 0 Å². The molecular formula is C13H20N4O. The number of likely N-dealkylation sites (tertiary alicyclic amines) is 1. The summed E-state index contributed by atoms with van der Waals surface area (Å²) < 4.78 is 1.70. The third-order valence-electron chi connectivity index (χ3n) is 4.23. The molecule has 0 aromatic carbocycles. The second kappa shape index (κ2) is 5.10. The Hall–Kier alpha value is -1.36. The molecule has 5 nitrogen and oxygen atoms in total. The molecule has 2 atom stereocenters. The lowest BCUT2D eigenvalue weighted by Crippen LogP contribution is -2.35. The Balaban J connectivity index is 1.58. The predicted octanol–water partition coefficient (Wildman–Crippen LogP) is 0.341. The van der Waals surface area contributed by atoms with E-state index in [1.54, 1.807) is 10.9 Å². The third kappa shape index (κ3) is 2.41. The molecule has 3 rings (SSSR count). The van der Waals surface area contributed by atoms with Crippen LogP contribution in [-0.4, -0.2) is 46.8 Å². The topological polar surface area (TPSA) is 50.2 Å². The molecule has 2 aliphatic heterocycles. The van der Waals surface area contributed by atoms with Crippen molar-refractivity contribution in [3.05, 3.63) is 18.5 Å². The zero-order valence-electron chi connectivity index (χ0n) is 10.6. The van der Waals surface area contributed by atoms with E-state index in [9.17, 15) is 4.79 Å². The van der Waals surface area contributed by atoms with Gasteiger partial charge >= 0.3 is 0 Å². The molecule has 18 heavy (non-hydrogen) atoms. The number of nitrogens with one attached hydrogen (secondary N) is 1. The molecule has 2 aliphatic rings. The van der Waals surface area contributed by atoms with Crippen molar-refractivity contribution in [1.82, 2.24) is 20.0 Å². The quantitative estimate of drug-likeness (QED) is 0.821. The monoisotopic (exact) mass is 248 g/mol. The van der Waals surface area contributed by atoms with Crippen LogP contribution in [0.1, 0.15) is 12.8 Å². The largest absolute Gasteiger partial charge is 0.341 e. The van der Waals surface area contributed by atoms with Crippen molar-refractivity contribution in [1.29, 1.82) is 0 Å². The van der Waals surface area contributed by atoms with Gasteiger partial charge in [-0.3, -0.25) is 9.48 Å². The van der Waals surface area contributed by atoms with Gasteiger partial charge in [0.05, 0.1) is 0 Å². The number of carbonyl (C=O) groups excluding carboxylic acids is 1. The van der Waals surface area contributed by atoms with Gasteiger partial charge in [-0.25, -0.2) is 0 Å². The minimum atomic E-state index is 0.201. The average molecular weight is 248 g/mol. The van der Waals surface area contributed by atoms with E-state index in [-0.39, 0.29) is 5.91 Å². The van der Waals surface area contributed by atoms with Crippen LogP contribution >= 0.6 is 0 Å². The van der Waals surface area contributed by atoms with Crippen LogP contribution in [0.15, 0.2) is 18.5 Å². The van der Waals surface area contributed by atoms with Gasteiger partial charge in [0, 0.05) is 25.5 Å². The van der Waals surface area contributed by atoms with E-state index in [1.807, 2.05) is 17.2 Å². The molecular weight excluding hydrogens is 228 g/mol. The summed E-state index contributed by atoms with van der Waals surface area (Å²) in [4.78, 5) is 14.2. The minimum absolute atomic E-state index is 0.201. The number of hydrogen-bond acceptors (Lipinski definition) is 3. The van der Waals surface area contributed by atoms with Gasteiger partial charge in [0.1, 0.15) is 6.54 Å². The molecule has 1 N–H and O–H groups in total. The summed E-state index contributed by atoms with van der Waals surface area (Å²) in [6.45, 7) is 4.45. The van der Waals surface area contributed by atoms with Gasteiger partial charge in [-0.2, -0.15) is 5.10 Å². The zero-order chi connectivity index (χ0) is 12.4. The minimum Gasteiger partial charge on any atom is -0.341 e. The molecule has 0 bridgehead atoms. The van der Waals surface area contributed by atoms with Crippen LogP contribution in [-0.2, 0) is 11.3 Å². The van der Waals surface area contributed by atoms with Gasteiger partial charge in [-0.05, 0) is 43.8 Å². The van der Waals surface area contributed by atoms with Gasteiger partial charge in [-0.15, -0.1) is 0 Å². The first-order valence-electron chi connectivity index (χ1n) is 6.79. The number of fused-ring (bicyclic) bond motifs is 1. The number of amides is 1. The maximum absolute atomic E-state index is 12.2. The lowest BCUT2D eigenvalue weighted by molar-refractivity contribution is -0.132. The fourth-order valence-electron chi connectivity index (χ4n) is 3.10. The van der Waals surface area contributed by atoms with Gasteiger partial charge in [-0.1, -0.05) is 0 Å². The maximum atomic E-state index is 12.2. The Labute approximate surface area is 107 Å². The molecule has 1 amide bonds. The first-order valence-corrected chi connectivity index (χ1v) is 6.79. The van der Waals surface area contributed by atoms with E-state index in [1.165, 1.54) is 0 Å². The first-order chi connectivity index (χ1) is 8.83. The Morgan fingerprint density at radius 1 is 1.28 bits per heavy atom. The van der Waals surface area contributed by atoms with E-state index in [0.29, 0.717) is 6.54 Å². The molecule has 0 radical (unpaired) electrons. The first kappa shape index (κ1) is 11.7. The van der Waals surface area contributed by atoms with Gasteiger partial charge in [0.25, 0.3) is 0 Å². The maximum Gasteiger partial charge on any atom is 0.244 e. The fraction of sp³-hybridized carbons (Fsp3) is 0.692. The van der Waals surface area contributed by atoms with Crippen LogP contribution in [0.5, 0.6) is 0 Å². The summed E-state index contributed by atoms with van der Waals surface area (Å²) in [5.41, 5.74) is 0. The summed E-state index contributed by atoms with van der Waals surface area (Å²) >= 11 is 0. The highest BCUT2D eigenvalue weighted by molar-refractivity contribution is 5.75. The Morgan fingerprint density at radius 2 is 2.00 bits per heavy atom. The second-order valence-electron chi connectivity index (χ2n) is 5.34. The number of aromatic nitrogens is 2. The molecule has 0 unspecified atom stereocenters. The highest BCUT2D eigenvalue weighted by Gasteiger charge is 2.31. The van der Waals surface area contributed by atoms with Crippen molar-refractivity contribution in [2.75, 3.05) is 26.2 Å². The van der Waals surface area contributed by atoms with Crippen molar-refractivity contribution in [2.24, 2.45) is 11.8 Å². The lowest BCUT2D eigenvalue weighted by Gasteiger charge is -2.20. The van der Waals surface area contributed by atoms with E-state index in [2.05, 4.69) is 10.4 Å². The number of carbonyl (C=O) groups is 1. The average Bonchev–Trinajstić information content (AvgIpc) is 2.98. The highest BCUT2D eigenvalue weighted by atomic mass is 16.2. The van der Waals surface area contributed by atoms with Crippen molar-refractivity contribution >= 4 is 5.91 Å². The summed E-state index contributed by atoms with van der Waals surface area (Å²) in [5, 5.41) is 7.55. The predicted molar refractivity (Wildman–Crippen MR) is 67.9 cm³/mol. The smallest absolute Gasteiger partial charge is 0.244 e. The molecule has 1 aromatic heterocycles. The van der Waals surface area contributed by atoms with Crippen molar-refractivity contribution in [2.45, 2.75) is 19.4 Å². The summed E-state index contributed by atoms with van der Waals surface area (Å²) in [6, 6.07) is 1.85. The van der Waals surface area contributed by atoms with Crippen LogP contribution in [0.25, 0.3) is 0 Å². The van der Waals surface area contributed by atoms with Crippen molar-refractivity contribution < 1.29 is 4.79 Å². The van der Waals surface area contributed by atoms with Crippen molar-refractivity contribution in [3.8, 4) is 0 Å². The lowest BCUT2D eigenvalue weighted by atomic mass is 9.92. The van der Waals surface area contributed by atoms with Crippen LogP contribution in [0.3, 0.4) is 0 Å².